The maximum atomic E-state index is 3.63. The van der Waals surface area contributed by atoms with E-state index in [0.29, 0.717) is 6.04 Å². The van der Waals surface area contributed by atoms with E-state index < -0.39 is 0 Å². The van der Waals surface area contributed by atoms with Gasteiger partial charge >= 0.3 is 0 Å². The summed E-state index contributed by atoms with van der Waals surface area (Å²) in [6, 6.07) is 1.42. The fraction of sp³-hybridized carbons (Fsp3) is 1.00. The predicted molar refractivity (Wildman–Crippen MR) is 64.8 cm³/mol. The molecule has 0 radical (unpaired) electrons. The Morgan fingerprint density at radius 3 is 1.93 bits per heavy atom. The van der Waals surface area contributed by atoms with Crippen molar-refractivity contribution in [2.75, 3.05) is 6.67 Å². The van der Waals surface area contributed by atoms with E-state index in [9.17, 15) is 0 Å². The van der Waals surface area contributed by atoms with E-state index in [4.69, 9.17) is 0 Å². The molecule has 2 nitrogen and oxygen atoms in total. The Kier molecular flexibility index (Phi) is 4.45. The van der Waals surface area contributed by atoms with Crippen LogP contribution < -0.4 is 10.6 Å². The minimum atomic E-state index is 0.677. The second kappa shape index (κ2) is 5.86. The second-order valence-electron chi connectivity index (χ2n) is 5.36. The molecule has 2 heteroatoms. The van der Waals surface area contributed by atoms with Crippen LogP contribution in [0.1, 0.15) is 58.3 Å². The van der Waals surface area contributed by atoms with Crippen LogP contribution in [0, 0.1) is 5.92 Å². The maximum Gasteiger partial charge on any atom is 0.0459 e. The van der Waals surface area contributed by atoms with Crippen molar-refractivity contribution < 1.29 is 0 Å². The minimum absolute atomic E-state index is 0.677. The van der Waals surface area contributed by atoms with Gasteiger partial charge in [-0.25, -0.2) is 0 Å². The zero-order valence-electron chi connectivity index (χ0n) is 10.1. The van der Waals surface area contributed by atoms with E-state index in [-0.39, 0.29) is 0 Å². The molecule has 0 aromatic heterocycles. The first-order valence-corrected chi connectivity index (χ1v) is 6.84. The first kappa shape index (κ1) is 11.4. The van der Waals surface area contributed by atoms with Crippen molar-refractivity contribution in [3.63, 3.8) is 0 Å². The molecule has 1 heterocycles. The van der Waals surface area contributed by atoms with Gasteiger partial charge in [-0.2, -0.15) is 0 Å². The summed E-state index contributed by atoms with van der Waals surface area (Å²) in [5.74, 6) is 0.924. The van der Waals surface area contributed by atoms with E-state index in [1.54, 1.807) is 0 Å². The van der Waals surface area contributed by atoms with Crippen molar-refractivity contribution in [1.82, 2.24) is 10.6 Å². The Labute approximate surface area is 94.2 Å². The summed E-state index contributed by atoms with van der Waals surface area (Å²) in [6.07, 6.45) is 11.7. The van der Waals surface area contributed by atoms with Crippen LogP contribution >= 0.6 is 0 Å². The van der Waals surface area contributed by atoms with Crippen LogP contribution in [0.4, 0.5) is 0 Å². The molecule has 2 N–H and O–H groups in total. The summed E-state index contributed by atoms with van der Waals surface area (Å²) < 4.78 is 0. The largest absolute Gasteiger partial charge is 0.300 e. The van der Waals surface area contributed by atoms with Gasteiger partial charge in [-0.15, -0.1) is 0 Å². The molecule has 1 aliphatic carbocycles. The quantitative estimate of drug-likeness (QED) is 0.695. The lowest BCUT2D eigenvalue weighted by atomic mass is 9.87. The van der Waals surface area contributed by atoms with Crippen LogP contribution in [0.3, 0.4) is 0 Å². The normalized spacial score (nSPS) is 35.8. The highest BCUT2D eigenvalue weighted by Crippen LogP contribution is 2.26. The third-order valence-electron chi connectivity index (χ3n) is 4.21. The van der Waals surface area contributed by atoms with Gasteiger partial charge in [0.25, 0.3) is 0 Å². The predicted octanol–water partition coefficient (Wildman–Crippen LogP) is 2.64. The molecule has 15 heavy (non-hydrogen) atoms. The second-order valence-corrected chi connectivity index (χ2v) is 5.36. The Bertz CT molecular complexity index is 171. The average Bonchev–Trinajstić information content (AvgIpc) is 2.68. The van der Waals surface area contributed by atoms with Gasteiger partial charge in [0.2, 0.25) is 0 Å². The molecule has 2 unspecified atom stereocenters. The molecule has 2 atom stereocenters. The summed E-state index contributed by atoms with van der Waals surface area (Å²) in [7, 11) is 0. The van der Waals surface area contributed by atoms with Crippen molar-refractivity contribution in [3.8, 4) is 0 Å². The van der Waals surface area contributed by atoms with E-state index in [0.717, 1.165) is 18.6 Å². The standard InChI is InChI=1S/C13H26N2/c1-11-13(15-10-14-11)12-8-6-4-2-3-5-7-9-12/h11-15H,2-10H2,1H3. The smallest absolute Gasteiger partial charge is 0.0459 e. The van der Waals surface area contributed by atoms with Crippen molar-refractivity contribution in [3.05, 3.63) is 0 Å². The molecule has 0 bridgehead atoms. The molecule has 2 rings (SSSR count). The molecular formula is C13H26N2. The lowest BCUT2D eigenvalue weighted by Crippen LogP contribution is -2.38. The lowest BCUT2D eigenvalue weighted by molar-refractivity contribution is 0.313. The van der Waals surface area contributed by atoms with Crippen LogP contribution in [-0.2, 0) is 0 Å². The van der Waals surface area contributed by atoms with Gasteiger partial charge in [-0.05, 0) is 25.7 Å². The summed E-state index contributed by atoms with van der Waals surface area (Å²) >= 11 is 0. The Hall–Kier alpha value is -0.0800. The van der Waals surface area contributed by atoms with Crippen LogP contribution in [0.5, 0.6) is 0 Å². The first-order valence-electron chi connectivity index (χ1n) is 6.84. The number of hydrogen-bond acceptors (Lipinski definition) is 2. The zero-order valence-corrected chi connectivity index (χ0v) is 10.1. The van der Waals surface area contributed by atoms with Crippen molar-refractivity contribution in [2.45, 2.75) is 70.4 Å². The van der Waals surface area contributed by atoms with E-state index in [1.807, 2.05) is 0 Å². The highest BCUT2D eigenvalue weighted by atomic mass is 15.2. The molecule has 1 aliphatic heterocycles. The summed E-state index contributed by atoms with van der Waals surface area (Å²) in [5, 5.41) is 7.14. The van der Waals surface area contributed by atoms with Crippen molar-refractivity contribution >= 4 is 0 Å². The molecule has 2 aliphatic rings. The van der Waals surface area contributed by atoms with Gasteiger partial charge in [-0.1, -0.05) is 38.5 Å². The highest BCUT2D eigenvalue weighted by molar-refractivity contribution is 4.89. The van der Waals surface area contributed by atoms with Gasteiger partial charge in [0.1, 0.15) is 0 Å². The summed E-state index contributed by atoms with van der Waals surface area (Å²) in [6.45, 7) is 3.35. The Morgan fingerprint density at radius 2 is 1.40 bits per heavy atom. The van der Waals surface area contributed by atoms with E-state index >= 15 is 0 Å². The minimum Gasteiger partial charge on any atom is -0.300 e. The Balaban J connectivity index is 1.86. The first-order chi connectivity index (χ1) is 7.38. The molecule has 0 aromatic carbocycles. The lowest BCUT2D eigenvalue weighted by Gasteiger charge is -2.26. The zero-order chi connectivity index (χ0) is 10.5. The van der Waals surface area contributed by atoms with Gasteiger partial charge in [-0.3, -0.25) is 5.32 Å². The average molecular weight is 210 g/mol. The van der Waals surface area contributed by atoms with Gasteiger partial charge in [0.15, 0.2) is 0 Å². The van der Waals surface area contributed by atoms with Crippen LogP contribution in [-0.4, -0.2) is 18.8 Å². The van der Waals surface area contributed by atoms with E-state index in [2.05, 4.69) is 17.6 Å². The monoisotopic (exact) mass is 210 g/mol. The third kappa shape index (κ3) is 3.18. The molecule has 2 fully saturated rings. The van der Waals surface area contributed by atoms with Crippen LogP contribution in [0.2, 0.25) is 0 Å². The molecule has 0 amide bonds. The summed E-state index contributed by atoms with van der Waals surface area (Å²) in [4.78, 5) is 0. The maximum absolute atomic E-state index is 3.63. The fourth-order valence-corrected chi connectivity index (χ4v) is 3.24. The van der Waals surface area contributed by atoms with Crippen molar-refractivity contribution in [2.24, 2.45) is 5.92 Å². The van der Waals surface area contributed by atoms with Crippen LogP contribution in [0.15, 0.2) is 0 Å². The van der Waals surface area contributed by atoms with E-state index in [1.165, 1.54) is 51.4 Å². The fourth-order valence-electron chi connectivity index (χ4n) is 3.24. The van der Waals surface area contributed by atoms with Gasteiger partial charge in [0.05, 0.1) is 0 Å². The molecule has 88 valence electrons. The number of hydrogen-bond donors (Lipinski definition) is 2. The SMILES string of the molecule is CC1NCNC1C1CCCCCCCC1. The molecule has 1 saturated carbocycles. The molecule has 0 spiro atoms. The number of nitrogens with one attached hydrogen (secondary N) is 2. The summed E-state index contributed by atoms with van der Waals surface area (Å²) in [5.41, 5.74) is 0. The van der Waals surface area contributed by atoms with Crippen molar-refractivity contribution in [1.29, 1.82) is 0 Å². The molecule has 1 saturated heterocycles. The van der Waals surface area contributed by atoms with Gasteiger partial charge in [0, 0.05) is 18.8 Å². The topological polar surface area (TPSA) is 24.1 Å². The Morgan fingerprint density at radius 1 is 0.800 bits per heavy atom. The molecule has 0 aromatic rings. The number of rotatable bonds is 1. The van der Waals surface area contributed by atoms with Gasteiger partial charge < -0.3 is 5.32 Å². The molecular weight excluding hydrogens is 184 g/mol. The van der Waals surface area contributed by atoms with Crippen LogP contribution in [0.25, 0.3) is 0 Å². The third-order valence-corrected chi connectivity index (χ3v) is 4.21. The highest BCUT2D eigenvalue weighted by Gasteiger charge is 2.29.